The Bertz CT molecular complexity index is 1510. The number of nitrogens with zero attached hydrogens (tertiary/aromatic N) is 2. The Labute approximate surface area is 213 Å². The molecule has 0 saturated heterocycles. The molecule has 2 amide bonds. The van der Waals surface area contributed by atoms with Crippen LogP contribution < -0.4 is 19.1 Å². The molecule has 0 aliphatic carbocycles. The third-order valence-corrected chi connectivity index (χ3v) is 7.67. The van der Waals surface area contributed by atoms with Crippen LogP contribution in [0.3, 0.4) is 0 Å². The van der Waals surface area contributed by atoms with Crippen molar-refractivity contribution in [1.82, 2.24) is 0 Å². The molecule has 0 bridgehead atoms. The van der Waals surface area contributed by atoms with E-state index in [4.69, 9.17) is 16.3 Å². The van der Waals surface area contributed by atoms with Crippen molar-refractivity contribution in [2.45, 2.75) is 38.0 Å². The quantitative estimate of drug-likeness (QED) is 0.300. The summed E-state index contributed by atoms with van der Waals surface area (Å²) in [5, 5.41) is 12.4. The third-order valence-electron chi connectivity index (χ3n) is 5.97. The summed E-state index contributed by atoms with van der Waals surface area (Å²) in [5.74, 6) is -1.60. The van der Waals surface area contributed by atoms with E-state index >= 15 is 0 Å². The van der Waals surface area contributed by atoms with Gasteiger partial charge in [0.1, 0.15) is 5.69 Å². The molecular weight excluding hydrogens is 506 g/mol. The number of fused-ring (bicyclic) bond motifs is 1. The summed E-state index contributed by atoms with van der Waals surface area (Å²) in [6.45, 7) is 7.47. The zero-order valence-corrected chi connectivity index (χ0v) is 21.8. The van der Waals surface area contributed by atoms with E-state index in [1.807, 2.05) is 20.8 Å². The number of sulfonamides is 1. The molecule has 2 heterocycles. The lowest BCUT2D eigenvalue weighted by atomic mass is 9.87. The minimum absolute atomic E-state index is 0.00813. The number of nitrogens with one attached hydrogen (secondary N) is 1. The normalized spacial score (nSPS) is 13.7. The summed E-state index contributed by atoms with van der Waals surface area (Å²) >= 11 is 6.26. The first-order chi connectivity index (χ1) is 16.8. The summed E-state index contributed by atoms with van der Waals surface area (Å²) in [6, 6.07) is 11.8. The van der Waals surface area contributed by atoms with Crippen LogP contribution in [0.15, 0.2) is 53.4 Å². The van der Waals surface area contributed by atoms with Gasteiger partial charge in [0.05, 0.1) is 39.9 Å². The number of amides is 2. The molecule has 0 fully saturated rings. The van der Waals surface area contributed by atoms with Crippen LogP contribution in [-0.2, 0) is 15.4 Å². The van der Waals surface area contributed by atoms with Crippen LogP contribution in [0, 0.1) is 12.1 Å². The Morgan fingerprint density at radius 3 is 2.17 bits per heavy atom. The van der Waals surface area contributed by atoms with Crippen molar-refractivity contribution in [3.8, 4) is 5.88 Å². The smallest absolute Gasteiger partial charge is 0.379 e. The molecule has 9 nitrogen and oxygen atoms in total. The first-order valence-corrected chi connectivity index (χ1v) is 12.8. The molecule has 11 heteroatoms. The number of anilines is 2. The van der Waals surface area contributed by atoms with E-state index in [-0.39, 0.29) is 49.4 Å². The molecule has 1 aromatic heterocycles. The maximum Gasteiger partial charge on any atom is 0.379 e. The van der Waals surface area contributed by atoms with Crippen molar-refractivity contribution in [2.24, 2.45) is 0 Å². The number of ether oxygens (including phenoxy) is 1. The standard InChI is InChI=1S/C25H24ClN3O6S/c1-14-19(12-13-20(35-5)29(14)32)28-23(30)21-17(26)10-11-18(22(21)24(28)31)27-36(33,34)16-8-6-15(7-9-16)25(2,3)4/h6-13,27H,1-5H3. The molecule has 3 aromatic rings. The highest BCUT2D eigenvalue weighted by molar-refractivity contribution is 7.92. The maximum absolute atomic E-state index is 13.4. The van der Waals surface area contributed by atoms with Crippen LogP contribution >= 0.6 is 11.6 Å². The van der Waals surface area contributed by atoms with Gasteiger partial charge in [-0.3, -0.25) is 14.3 Å². The van der Waals surface area contributed by atoms with Crippen LogP contribution in [-0.4, -0.2) is 27.3 Å². The second-order valence-electron chi connectivity index (χ2n) is 9.31. The minimum Gasteiger partial charge on any atom is -0.616 e. The monoisotopic (exact) mass is 529 g/mol. The van der Waals surface area contributed by atoms with Crippen molar-refractivity contribution in [2.75, 3.05) is 16.7 Å². The van der Waals surface area contributed by atoms with Crippen molar-refractivity contribution in [3.63, 3.8) is 0 Å². The van der Waals surface area contributed by atoms with Gasteiger partial charge in [-0.25, -0.2) is 13.3 Å². The van der Waals surface area contributed by atoms with Crippen LogP contribution in [0.2, 0.25) is 5.02 Å². The first-order valence-electron chi connectivity index (χ1n) is 10.9. The highest BCUT2D eigenvalue weighted by Gasteiger charge is 2.43. The maximum atomic E-state index is 13.4. The predicted octanol–water partition coefficient (Wildman–Crippen LogP) is 4.19. The molecular formula is C25H24ClN3O6S. The summed E-state index contributed by atoms with van der Waals surface area (Å²) in [4.78, 5) is 27.5. The van der Waals surface area contributed by atoms with E-state index in [0.29, 0.717) is 4.73 Å². The highest BCUT2D eigenvalue weighted by atomic mass is 35.5. The van der Waals surface area contributed by atoms with Gasteiger partial charge in [0.15, 0.2) is 0 Å². The fourth-order valence-corrected chi connectivity index (χ4v) is 5.27. The number of aromatic nitrogens is 1. The Balaban J connectivity index is 1.76. The van der Waals surface area contributed by atoms with Crippen molar-refractivity contribution >= 4 is 44.8 Å². The lowest BCUT2D eigenvalue weighted by molar-refractivity contribution is -0.618. The third kappa shape index (κ3) is 4.16. The molecule has 0 radical (unpaired) electrons. The van der Waals surface area contributed by atoms with Crippen molar-refractivity contribution in [1.29, 1.82) is 0 Å². The van der Waals surface area contributed by atoms with Crippen LogP contribution in [0.5, 0.6) is 5.88 Å². The molecule has 1 aliphatic heterocycles. The number of hydrogen-bond donors (Lipinski definition) is 1. The Hall–Kier alpha value is -3.63. The van der Waals surface area contributed by atoms with Gasteiger partial charge in [-0.1, -0.05) is 44.5 Å². The predicted molar refractivity (Wildman–Crippen MR) is 135 cm³/mol. The van der Waals surface area contributed by atoms with Gasteiger partial charge in [0.25, 0.3) is 21.8 Å². The Morgan fingerprint density at radius 2 is 1.58 bits per heavy atom. The molecule has 1 aliphatic rings. The van der Waals surface area contributed by atoms with E-state index in [1.54, 1.807) is 12.1 Å². The molecule has 0 atom stereocenters. The fourth-order valence-electron chi connectivity index (χ4n) is 3.96. The van der Waals surface area contributed by atoms with Gasteiger partial charge in [-0.2, -0.15) is 0 Å². The summed E-state index contributed by atoms with van der Waals surface area (Å²) < 4.78 is 34.1. The number of halogens is 1. The van der Waals surface area contributed by atoms with Gasteiger partial charge in [-0.05, 0) is 41.3 Å². The lowest BCUT2D eigenvalue weighted by Gasteiger charge is -2.19. The second kappa shape index (κ2) is 8.79. The number of benzene rings is 2. The zero-order chi connectivity index (χ0) is 26.6. The van der Waals surface area contributed by atoms with Gasteiger partial charge in [0, 0.05) is 6.92 Å². The Morgan fingerprint density at radius 1 is 0.972 bits per heavy atom. The zero-order valence-electron chi connectivity index (χ0n) is 20.2. The molecule has 36 heavy (non-hydrogen) atoms. The molecule has 188 valence electrons. The lowest BCUT2D eigenvalue weighted by Crippen LogP contribution is -2.38. The Kier molecular flexibility index (Phi) is 6.22. The summed E-state index contributed by atoms with van der Waals surface area (Å²) in [5.41, 5.74) is 0.408. The SMILES string of the molecule is COc1ccc(N2C(=O)c3c(Cl)ccc(NS(=O)(=O)c4ccc(C(C)(C)C)cc4)c3C2=O)c(C)[n+]1[O-]. The first kappa shape index (κ1) is 25.5. The number of carbonyl (C=O) groups is 2. The molecule has 0 spiro atoms. The molecule has 0 saturated carbocycles. The van der Waals surface area contributed by atoms with Gasteiger partial charge in [0.2, 0.25) is 5.69 Å². The number of pyridine rings is 1. The van der Waals surface area contributed by atoms with E-state index in [2.05, 4.69) is 4.72 Å². The van der Waals surface area contributed by atoms with E-state index in [9.17, 15) is 23.2 Å². The van der Waals surface area contributed by atoms with E-state index in [0.717, 1.165) is 10.5 Å². The van der Waals surface area contributed by atoms with Gasteiger partial charge >= 0.3 is 5.88 Å². The number of hydrogen-bond acceptors (Lipinski definition) is 6. The number of rotatable bonds is 5. The highest BCUT2D eigenvalue weighted by Crippen LogP contribution is 2.38. The van der Waals surface area contributed by atoms with Crippen molar-refractivity contribution < 1.29 is 27.5 Å². The molecule has 1 N–H and O–H groups in total. The summed E-state index contributed by atoms with van der Waals surface area (Å²) in [6.07, 6.45) is 0. The minimum atomic E-state index is -4.10. The van der Waals surface area contributed by atoms with Gasteiger partial charge in [-0.15, -0.1) is 4.73 Å². The summed E-state index contributed by atoms with van der Waals surface area (Å²) in [7, 11) is -2.78. The van der Waals surface area contributed by atoms with Crippen LogP contribution in [0.4, 0.5) is 11.4 Å². The van der Waals surface area contributed by atoms with E-state index < -0.39 is 21.8 Å². The average molecular weight is 530 g/mol. The molecule has 0 unspecified atom stereocenters. The topological polar surface area (TPSA) is 120 Å². The largest absolute Gasteiger partial charge is 0.616 e. The number of carbonyl (C=O) groups excluding carboxylic acids is 2. The molecule has 4 rings (SSSR count). The fraction of sp³-hybridized carbons (Fsp3) is 0.240. The van der Waals surface area contributed by atoms with Crippen molar-refractivity contribution in [3.05, 3.63) is 81.1 Å². The van der Waals surface area contributed by atoms with Crippen LogP contribution in [0.1, 0.15) is 52.7 Å². The molecule has 2 aromatic carbocycles. The number of imide groups is 1. The van der Waals surface area contributed by atoms with Gasteiger partial charge < -0.3 is 9.94 Å². The van der Waals surface area contributed by atoms with E-state index in [1.165, 1.54) is 50.4 Å². The second-order valence-corrected chi connectivity index (χ2v) is 11.4. The average Bonchev–Trinajstić information content (AvgIpc) is 3.08. The number of methoxy groups -OCH3 is 1. The van der Waals surface area contributed by atoms with Crippen LogP contribution in [0.25, 0.3) is 0 Å².